The molecule has 0 saturated carbocycles. The largest absolute Gasteiger partial charge is 0.497 e. The molecule has 0 N–H and O–H groups in total. The summed E-state index contributed by atoms with van der Waals surface area (Å²) in [6.07, 6.45) is 5.36. The third-order valence-electron chi connectivity index (χ3n) is 4.52. The quantitative estimate of drug-likeness (QED) is 0.432. The van der Waals surface area contributed by atoms with Crippen LogP contribution >= 0.6 is 0 Å². The summed E-state index contributed by atoms with van der Waals surface area (Å²) in [6.45, 7) is 14.2. The summed E-state index contributed by atoms with van der Waals surface area (Å²) in [7, 11) is 1.68. The number of ether oxygens (including phenoxy) is 3. The second kappa shape index (κ2) is 12.1. The van der Waals surface area contributed by atoms with E-state index in [1.54, 1.807) is 7.11 Å². The molecule has 3 nitrogen and oxygen atoms in total. The predicted molar refractivity (Wildman–Crippen MR) is 105 cm³/mol. The van der Waals surface area contributed by atoms with E-state index in [1.165, 1.54) is 6.42 Å². The van der Waals surface area contributed by atoms with Crippen molar-refractivity contribution in [1.29, 1.82) is 0 Å². The van der Waals surface area contributed by atoms with Crippen molar-refractivity contribution in [2.24, 2.45) is 11.8 Å². The van der Waals surface area contributed by atoms with Crippen LogP contribution in [0.1, 0.15) is 52.5 Å². The third-order valence-corrected chi connectivity index (χ3v) is 4.52. The minimum Gasteiger partial charge on any atom is -0.497 e. The Morgan fingerprint density at radius 2 is 1.72 bits per heavy atom. The lowest BCUT2D eigenvalue weighted by molar-refractivity contribution is -0.0504. The Labute approximate surface area is 154 Å². The van der Waals surface area contributed by atoms with Crippen LogP contribution in [-0.4, -0.2) is 25.9 Å². The van der Waals surface area contributed by atoms with E-state index in [2.05, 4.69) is 34.3 Å². The van der Waals surface area contributed by atoms with E-state index >= 15 is 0 Å². The number of rotatable bonds is 13. The molecule has 0 spiro atoms. The Balaban J connectivity index is 2.68. The fraction of sp³-hybridized carbons (Fsp3) is 0.636. The lowest BCUT2D eigenvalue weighted by atomic mass is 9.88. The van der Waals surface area contributed by atoms with Crippen molar-refractivity contribution in [3.63, 3.8) is 0 Å². The number of hydrogen-bond donors (Lipinski definition) is 0. The summed E-state index contributed by atoms with van der Waals surface area (Å²) < 4.78 is 17.4. The Hall–Kier alpha value is -1.32. The molecule has 1 rings (SSSR count). The summed E-state index contributed by atoms with van der Waals surface area (Å²) in [5, 5.41) is 0. The van der Waals surface area contributed by atoms with Crippen LogP contribution < -0.4 is 4.74 Å². The minimum absolute atomic E-state index is 0.0459. The van der Waals surface area contributed by atoms with Gasteiger partial charge in [-0.3, -0.25) is 0 Å². The summed E-state index contributed by atoms with van der Waals surface area (Å²) in [4.78, 5) is 0. The van der Waals surface area contributed by atoms with Crippen LogP contribution in [0.25, 0.3) is 0 Å². The standard InChI is InChI=1S/C22H36O3/c1-7-15-24-22(8-2)21(14-9-17(3)4)18(5)25-16-19-10-12-20(23-6)13-11-19/h8,10-13,17-18,21-22H,2,7,9,14-16H2,1,3-6H3/t18-,21+,22-/m0/s1. The summed E-state index contributed by atoms with van der Waals surface area (Å²) >= 11 is 0. The first kappa shape index (κ1) is 21.7. The summed E-state index contributed by atoms with van der Waals surface area (Å²) in [5.74, 6) is 1.86. The van der Waals surface area contributed by atoms with Gasteiger partial charge in [0, 0.05) is 12.5 Å². The van der Waals surface area contributed by atoms with Gasteiger partial charge >= 0.3 is 0 Å². The lowest BCUT2D eigenvalue weighted by Gasteiger charge is -2.31. The first-order chi connectivity index (χ1) is 12.0. The molecule has 142 valence electrons. The van der Waals surface area contributed by atoms with Gasteiger partial charge in [-0.25, -0.2) is 0 Å². The smallest absolute Gasteiger partial charge is 0.118 e. The fourth-order valence-corrected chi connectivity index (χ4v) is 2.89. The van der Waals surface area contributed by atoms with E-state index in [1.807, 2.05) is 30.3 Å². The van der Waals surface area contributed by atoms with Crippen LogP contribution in [0, 0.1) is 11.8 Å². The maximum Gasteiger partial charge on any atom is 0.118 e. The first-order valence-electron chi connectivity index (χ1n) is 9.50. The number of benzene rings is 1. The second-order valence-corrected chi connectivity index (χ2v) is 7.07. The highest BCUT2D eigenvalue weighted by Crippen LogP contribution is 2.25. The van der Waals surface area contributed by atoms with E-state index in [0.29, 0.717) is 18.4 Å². The van der Waals surface area contributed by atoms with Crippen LogP contribution in [0.15, 0.2) is 36.9 Å². The van der Waals surface area contributed by atoms with E-state index in [4.69, 9.17) is 14.2 Å². The molecule has 1 aromatic carbocycles. The van der Waals surface area contributed by atoms with Crippen LogP contribution in [0.2, 0.25) is 0 Å². The average molecular weight is 349 g/mol. The van der Waals surface area contributed by atoms with Gasteiger partial charge in [-0.05, 0) is 43.4 Å². The van der Waals surface area contributed by atoms with Crippen LogP contribution in [0.4, 0.5) is 0 Å². The number of methoxy groups -OCH3 is 1. The molecule has 1 aromatic rings. The van der Waals surface area contributed by atoms with Gasteiger partial charge in [-0.2, -0.15) is 0 Å². The van der Waals surface area contributed by atoms with Gasteiger partial charge < -0.3 is 14.2 Å². The fourth-order valence-electron chi connectivity index (χ4n) is 2.89. The lowest BCUT2D eigenvalue weighted by Crippen LogP contribution is -2.33. The molecule has 0 aliphatic rings. The summed E-state index contributed by atoms with van der Waals surface area (Å²) in [6, 6.07) is 8.04. The zero-order valence-electron chi connectivity index (χ0n) is 16.7. The monoisotopic (exact) mass is 348 g/mol. The van der Waals surface area contributed by atoms with Gasteiger partial charge in [0.1, 0.15) is 5.75 Å². The predicted octanol–water partition coefficient (Wildman–Crippen LogP) is 5.63. The van der Waals surface area contributed by atoms with Crippen molar-refractivity contribution in [1.82, 2.24) is 0 Å². The molecular weight excluding hydrogens is 312 g/mol. The van der Waals surface area contributed by atoms with Crippen molar-refractivity contribution in [2.75, 3.05) is 13.7 Å². The summed E-state index contributed by atoms with van der Waals surface area (Å²) in [5.41, 5.74) is 1.15. The van der Waals surface area contributed by atoms with Gasteiger partial charge in [0.25, 0.3) is 0 Å². The first-order valence-corrected chi connectivity index (χ1v) is 9.50. The molecule has 0 unspecified atom stereocenters. The van der Waals surface area contributed by atoms with Gasteiger partial charge in [0.05, 0.1) is 25.9 Å². The van der Waals surface area contributed by atoms with E-state index in [-0.39, 0.29) is 12.2 Å². The zero-order valence-corrected chi connectivity index (χ0v) is 16.7. The maximum atomic E-state index is 6.19. The molecule has 0 aliphatic carbocycles. The number of hydrogen-bond acceptors (Lipinski definition) is 3. The molecule has 0 fully saturated rings. The Morgan fingerprint density at radius 3 is 2.24 bits per heavy atom. The third kappa shape index (κ3) is 8.06. The molecule has 0 radical (unpaired) electrons. The maximum absolute atomic E-state index is 6.19. The van der Waals surface area contributed by atoms with Crippen molar-refractivity contribution >= 4 is 0 Å². The molecular formula is C22H36O3. The van der Waals surface area contributed by atoms with Crippen LogP contribution in [-0.2, 0) is 16.1 Å². The SMILES string of the molecule is C=C[C@H](OCCC)[C@H](CCC(C)C)[C@H](C)OCc1ccc(OC)cc1. The highest BCUT2D eigenvalue weighted by Gasteiger charge is 2.26. The topological polar surface area (TPSA) is 27.7 Å². The van der Waals surface area contributed by atoms with Crippen LogP contribution in [0.3, 0.4) is 0 Å². The van der Waals surface area contributed by atoms with Crippen molar-refractivity contribution in [3.8, 4) is 5.75 Å². The zero-order chi connectivity index (χ0) is 18.7. The Bertz CT molecular complexity index is 467. The molecule has 0 bridgehead atoms. The Kier molecular flexibility index (Phi) is 10.5. The normalized spacial score (nSPS) is 15.0. The Morgan fingerprint density at radius 1 is 1.04 bits per heavy atom. The van der Waals surface area contributed by atoms with E-state index in [0.717, 1.165) is 30.8 Å². The van der Waals surface area contributed by atoms with E-state index < -0.39 is 0 Å². The van der Waals surface area contributed by atoms with Gasteiger partial charge in [-0.15, -0.1) is 6.58 Å². The van der Waals surface area contributed by atoms with Crippen molar-refractivity contribution in [2.45, 2.75) is 65.8 Å². The molecule has 0 aliphatic heterocycles. The molecule has 0 saturated heterocycles. The molecule has 25 heavy (non-hydrogen) atoms. The van der Waals surface area contributed by atoms with E-state index in [9.17, 15) is 0 Å². The van der Waals surface area contributed by atoms with Crippen LogP contribution in [0.5, 0.6) is 5.75 Å². The molecule has 0 aromatic heterocycles. The minimum atomic E-state index is 0.0459. The highest BCUT2D eigenvalue weighted by molar-refractivity contribution is 5.26. The molecule has 0 amide bonds. The van der Waals surface area contributed by atoms with Gasteiger partial charge in [0.2, 0.25) is 0 Å². The van der Waals surface area contributed by atoms with Crippen molar-refractivity contribution < 1.29 is 14.2 Å². The van der Waals surface area contributed by atoms with Crippen molar-refractivity contribution in [3.05, 3.63) is 42.5 Å². The molecule has 3 atom stereocenters. The average Bonchev–Trinajstić information content (AvgIpc) is 2.62. The second-order valence-electron chi connectivity index (χ2n) is 7.07. The highest BCUT2D eigenvalue weighted by atomic mass is 16.5. The van der Waals surface area contributed by atoms with Gasteiger partial charge in [-0.1, -0.05) is 45.4 Å². The molecule has 0 heterocycles. The molecule has 3 heteroatoms. The van der Waals surface area contributed by atoms with Gasteiger partial charge in [0.15, 0.2) is 0 Å².